The second kappa shape index (κ2) is 6.34. The molecule has 3 rings (SSSR count). The molecule has 0 radical (unpaired) electrons. The van der Waals surface area contributed by atoms with Crippen LogP contribution in [0.1, 0.15) is 34.0 Å². The van der Waals surface area contributed by atoms with E-state index in [1.54, 1.807) is 18.4 Å². The fraction of sp³-hybridized carbons (Fsp3) is 0.235. The van der Waals surface area contributed by atoms with Gasteiger partial charge in [0.2, 0.25) is 0 Å². The summed E-state index contributed by atoms with van der Waals surface area (Å²) in [6.45, 7) is 2.30. The highest BCUT2D eigenvalue weighted by Crippen LogP contribution is 2.27. The van der Waals surface area contributed by atoms with Crippen molar-refractivity contribution in [3.05, 3.63) is 58.0 Å². The van der Waals surface area contributed by atoms with Crippen molar-refractivity contribution in [1.29, 1.82) is 0 Å². The number of para-hydroxylation sites is 1. The van der Waals surface area contributed by atoms with Crippen molar-refractivity contribution in [1.82, 2.24) is 5.32 Å². The summed E-state index contributed by atoms with van der Waals surface area (Å²) in [4.78, 5) is 13.7. The molecule has 5 heteroatoms. The fourth-order valence-electron chi connectivity index (χ4n) is 2.44. The van der Waals surface area contributed by atoms with Gasteiger partial charge in [0, 0.05) is 22.9 Å². The third-order valence-electron chi connectivity index (χ3n) is 3.51. The van der Waals surface area contributed by atoms with E-state index in [4.69, 9.17) is 9.15 Å². The van der Waals surface area contributed by atoms with Gasteiger partial charge in [0.1, 0.15) is 5.58 Å². The topological polar surface area (TPSA) is 51.5 Å². The monoisotopic (exact) mass is 315 g/mol. The number of carbonyl (C=O) groups excluding carboxylic acids is 1. The van der Waals surface area contributed by atoms with Crippen molar-refractivity contribution < 1.29 is 13.9 Å². The Morgan fingerprint density at radius 3 is 2.86 bits per heavy atom. The molecule has 1 aromatic carbocycles. The molecule has 0 saturated carbocycles. The number of thiophene rings is 1. The molecule has 0 aliphatic rings. The third-order valence-corrected chi connectivity index (χ3v) is 4.57. The first kappa shape index (κ1) is 14.8. The van der Waals surface area contributed by atoms with Crippen LogP contribution in [0.15, 0.2) is 46.2 Å². The first-order valence-corrected chi connectivity index (χ1v) is 7.92. The van der Waals surface area contributed by atoms with Crippen molar-refractivity contribution in [2.24, 2.45) is 0 Å². The molecule has 2 heterocycles. The van der Waals surface area contributed by atoms with Gasteiger partial charge in [0.15, 0.2) is 5.76 Å². The van der Waals surface area contributed by atoms with Gasteiger partial charge in [-0.05, 0) is 24.4 Å². The second-order valence-corrected chi connectivity index (χ2v) is 6.03. The smallest absolute Gasteiger partial charge is 0.287 e. The Labute approximate surface area is 132 Å². The van der Waals surface area contributed by atoms with Gasteiger partial charge < -0.3 is 14.5 Å². The van der Waals surface area contributed by atoms with E-state index in [-0.39, 0.29) is 11.9 Å². The summed E-state index contributed by atoms with van der Waals surface area (Å²) < 4.78 is 11.0. The zero-order valence-corrected chi connectivity index (χ0v) is 13.3. The largest absolute Gasteiger partial charge is 0.451 e. The predicted molar refractivity (Wildman–Crippen MR) is 87.1 cm³/mol. The third kappa shape index (κ3) is 2.77. The first-order valence-electron chi connectivity index (χ1n) is 7.04. The molecule has 3 aromatic rings. The minimum Gasteiger partial charge on any atom is -0.451 e. The Kier molecular flexibility index (Phi) is 4.27. The lowest BCUT2D eigenvalue weighted by molar-refractivity contribution is 0.0908. The Bertz CT molecular complexity index is 776. The zero-order valence-electron chi connectivity index (χ0n) is 12.5. The maximum atomic E-state index is 12.6. The molecular weight excluding hydrogens is 298 g/mol. The minimum absolute atomic E-state index is 0.0592. The first-order chi connectivity index (χ1) is 10.7. The summed E-state index contributed by atoms with van der Waals surface area (Å²) in [6.07, 6.45) is 0. The van der Waals surface area contributed by atoms with Crippen LogP contribution in [0.25, 0.3) is 11.0 Å². The summed E-state index contributed by atoms with van der Waals surface area (Å²) in [5.41, 5.74) is 1.48. The summed E-state index contributed by atoms with van der Waals surface area (Å²) in [7, 11) is 1.61. The van der Waals surface area contributed by atoms with E-state index in [1.807, 2.05) is 48.7 Å². The van der Waals surface area contributed by atoms with Crippen molar-refractivity contribution >= 4 is 28.2 Å². The molecule has 22 heavy (non-hydrogen) atoms. The van der Waals surface area contributed by atoms with E-state index in [1.165, 1.54) is 0 Å². The van der Waals surface area contributed by atoms with E-state index in [2.05, 4.69) is 5.32 Å². The van der Waals surface area contributed by atoms with E-state index in [9.17, 15) is 4.79 Å². The quantitative estimate of drug-likeness (QED) is 0.770. The van der Waals surface area contributed by atoms with Crippen LogP contribution in [0.3, 0.4) is 0 Å². The maximum Gasteiger partial charge on any atom is 0.287 e. The zero-order chi connectivity index (χ0) is 15.5. The molecule has 0 spiro atoms. The highest BCUT2D eigenvalue weighted by molar-refractivity contribution is 7.10. The number of hydrogen-bond acceptors (Lipinski definition) is 4. The normalized spacial score (nSPS) is 12.5. The van der Waals surface area contributed by atoms with Crippen LogP contribution in [-0.2, 0) is 11.3 Å². The number of ether oxygens (including phenoxy) is 1. The standard InChI is InChI=1S/C17H17NO3S/c1-11(15-8-5-9-22-15)18-17(19)16-13(10-20-2)12-6-3-4-7-14(12)21-16/h3-9,11H,10H2,1-2H3,(H,18,19)/t11-/m1/s1. The number of nitrogens with one attached hydrogen (secondary N) is 1. The Balaban J connectivity index is 1.91. The molecule has 0 unspecified atom stereocenters. The predicted octanol–water partition coefficient (Wildman–Crippen LogP) is 4.13. The lowest BCUT2D eigenvalue weighted by Gasteiger charge is -2.11. The number of methoxy groups -OCH3 is 1. The molecule has 0 aliphatic carbocycles. The van der Waals surface area contributed by atoms with Crippen LogP contribution in [0.5, 0.6) is 0 Å². The van der Waals surface area contributed by atoms with Gasteiger partial charge in [0.05, 0.1) is 12.6 Å². The van der Waals surface area contributed by atoms with Gasteiger partial charge in [-0.25, -0.2) is 0 Å². The SMILES string of the molecule is COCc1c(C(=O)N[C@H](C)c2cccs2)oc2ccccc12. The molecule has 0 saturated heterocycles. The van der Waals surface area contributed by atoms with Gasteiger partial charge in [-0.15, -0.1) is 11.3 Å². The van der Waals surface area contributed by atoms with Gasteiger partial charge in [-0.2, -0.15) is 0 Å². The van der Waals surface area contributed by atoms with Crippen molar-refractivity contribution in [3.8, 4) is 0 Å². The number of benzene rings is 1. The lowest BCUT2D eigenvalue weighted by atomic mass is 10.1. The minimum atomic E-state index is -0.218. The molecule has 1 amide bonds. The van der Waals surface area contributed by atoms with E-state index in [0.717, 1.165) is 15.8 Å². The summed E-state index contributed by atoms with van der Waals surface area (Å²) >= 11 is 1.62. The molecule has 2 aromatic heterocycles. The molecule has 1 atom stereocenters. The van der Waals surface area contributed by atoms with Crippen molar-refractivity contribution in [3.63, 3.8) is 0 Å². The van der Waals surface area contributed by atoms with Gasteiger partial charge >= 0.3 is 0 Å². The molecule has 4 nitrogen and oxygen atoms in total. The van der Waals surface area contributed by atoms with Gasteiger partial charge in [-0.1, -0.05) is 24.3 Å². The number of hydrogen-bond donors (Lipinski definition) is 1. The van der Waals surface area contributed by atoms with Crippen molar-refractivity contribution in [2.75, 3.05) is 7.11 Å². The number of rotatable bonds is 5. The average Bonchev–Trinajstić information content (AvgIpc) is 3.16. The van der Waals surface area contributed by atoms with Crippen molar-refractivity contribution in [2.45, 2.75) is 19.6 Å². The fourth-order valence-corrected chi connectivity index (χ4v) is 3.18. The van der Waals surface area contributed by atoms with Crippen LogP contribution < -0.4 is 5.32 Å². The summed E-state index contributed by atoms with van der Waals surface area (Å²) in [6, 6.07) is 11.5. The van der Waals surface area contributed by atoms with E-state index < -0.39 is 0 Å². The van der Waals surface area contributed by atoms with Crippen LogP contribution in [0, 0.1) is 0 Å². The van der Waals surface area contributed by atoms with Crippen LogP contribution in [0.2, 0.25) is 0 Å². The highest BCUT2D eigenvalue weighted by Gasteiger charge is 2.22. The summed E-state index contributed by atoms with van der Waals surface area (Å²) in [5.74, 6) is 0.107. The molecular formula is C17H17NO3S. The van der Waals surface area contributed by atoms with E-state index in [0.29, 0.717) is 18.0 Å². The Morgan fingerprint density at radius 2 is 2.14 bits per heavy atom. The van der Waals surface area contributed by atoms with Crippen LogP contribution >= 0.6 is 11.3 Å². The number of amides is 1. The number of furan rings is 1. The molecule has 0 bridgehead atoms. The average molecular weight is 315 g/mol. The lowest BCUT2D eigenvalue weighted by Crippen LogP contribution is -2.26. The van der Waals surface area contributed by atoms with E-state index >= 15 is 0 Å². The van der Waals surface area contributed by atoms with Crippen LogP contribution in [0.4, 0.5) is 0 Å². The molecule has 0 aliphatic heterocycles. The number of carbonyl (C=O) groups is 1. The van der Waals surface area contributed by atoms with Crippen LogP contribution in [-0.4, -0.2) is 13.0 Å². The second-order valence-electron chi connectivity index (χ2n) is 5.05. The molecule has 114 valence electrons. The molecule has 1 N–H and O–H groups in total. The number of fused-ring (bicyclic) bond motifs is 1. The molecule has 0 fully saturated rings. The Morgan fingerprint density at radius 1 is 1.32 bits per heavy atom. The van der Waals surface area contributed by atoms with Gasteiger partial charge in [0.25, 0.3) is 5.91 Å². The summed E-state index contributed by atoms with van der Waals surface area (Å²) in [5, 5.41) is 5.89. The Hall–Kier alpha value is -2.11. The highest BCUT2D eigenvalue weighted by atomic mass is 32.1. The maximum absolute atomic E-state index is 12.6. The van der Waals surface area contributed by atoms with Gasteiger partial charge in [-0.3, -0.25) is 4.79 Å².